The second-order valence-corrected chi connectivity index (χ2v) is 4.71. The zero-order chi connectivity index (χ0) is 15.9. The number of hydrogen-bond acceptors (Lipinski definition) is 5. The maximum atomic E-state index is 11.9. The van der Waals surface area contributed by atoms with Gasteiger partial charge in [-0.15, -0.1) is 0 Å². The summed E-state index contributed by atoms with van der Waals surface area (Å²) in [5.74, 6) is 1.19. The molecular formula is C16H20N4O2. The number of carbonyl (C=O) groups is 1. The highest BCUT2D eigenvalue weighted by Crippen LogP contribution is 2.21. The summed E-state index contributed by atoms with van der Waals surface area (Å²) in [5.41, 5.74) is 6.98. The first-order valence-electron chi connectivity index (χ1n) is 7.29. The Bertz CT molecular complexity index is 641. The maximum absolute atomic E-state index is 11.9. The molecular weight excluding hydrogens is 280 g/mol. The average Bonchev–Trinajstić information content (AvgIpc) is 2.53. The minimum Gasteiger partial charge on any atom is -0.494 e. The number of nitrogens with two attached hydrogens (primary N) is 1. The SMILES string of the molecule is CCCNC(=O)c1cnc(-c2ccc(OCC)cc2)nc1N. The van der Waals surface area contributed by atoms with Crippen LogP contribution in [-0.4, -0.2) is 29.0 Å². The number of nitrogen functional groups attached to an aromatic ring is 1. The fraction of sp³-hybridized carbons (Fsp3) is 0.312. The highest BCUT2D eigenvalue weighted by molar-refractivity contribution is 5.98. The van der Waals surface area contributed by atoms with Crippen molar-refractivity contribution in [2.45, 2.75) is 20.3 Å². The summed E-state index contributed by atoms with van der Waals surface area (Å²) in [7, 11) is 0. The molecule has 0 aliphatic rings. The van der Waals surface area contributed by atoms with Crippen LogP contribution < -0.4 is 15.8 Å². The molecule has 0 atom stereocenters. The Labute approximate surface area is 129 Å². The molecule has 1 heterocycles. The predicted octanol–water partition coefficient (Wildman–Crippen LogP) is 2.26. The van der Waals surface area contributed by atoms with Gasteiger partial charge in [0.15, 0.2) is 5.82 Å². The lowest BCUT2D eigenvalue weighted by Gasteiger charge is -2.08. The number of anilines is 1. The number of aromatic nitrogens is 2. The number of rotatable bonds is 6. The van der Waals surface area contributed by atoms with Crippen molar-refractivity contribution in [3.8, 4) is 17.1 Å². The fourth-order valence-electron chi connectivity index (χ4n) is 1.91. The van der Waals surface area contributed by atoms with Crippen molar-refractivity contribution in [2.75, 3.05) is 18.9 Å². The summed E-state index contributed by atoms with van der Waals surface area (Å²) in [6, 6.07) is 7.41. The van der Waals surface area contributed by atoms with Crippen molar-refractivity contribution in [3.63, 3.8) is 0 Å². The van der Waals surface area contributed by atoms with Crippen LogP contribution >= 0.6 is 0 Å². The van der Waals surface area contributed by atoms with Gasteiger partial charge in [-0.2, -0.15) is 0 Å². The van der Waals surface area contributed by atoms with Gasteiger partial charge in [0.25, 0.3) is 5.91 Å². The highest BCUT2D eigenvalue weighted by atomic mass is 16.5. The van der Waals surface area contributed by atoms with E-state index >= 15 is 0 Å². The Morgan fingerprint density at radius 3 is 2.59 bits per heavy atom. The fourth-order valence-corrected chi connectivity index (χ4v) is 1.91. The van der Waals surface area contributed by atoms with Crippen LogP contribution in [0.3, 0.4) is 0 Å². The number of nitrogens with one attached hydrogen (secondary N) is 1. The molecule has 2 rings (SSSR count). The molecule has 0 spiro atoms. The van der Waals surface area contributed by atoms with Crippen LogP contribution in [0.15, 0.2) is 30.5 Å². The molecule has 0 unspecified atom stereocenters. The van der Waals surface area contributed by atoms with Gasteiger partial charge in [0, 0.05) is 18.3 Å². The molecule has 0 saturated heterocycles. The van der Waals surface area contributed by atoms with Crippen LogP contribution in [0.5, 0.6) is 5.75 Å². The lowest BCUT2D eigenvalue weighted by Crippen LogP contribution is -2.25. The minimum atomic E-state index is -0.252. The summed E-state index contributed by atoms with van der Waals surface area (Å²) in [5, 5.41) is 2.75. The van der Waals surface area contributed by atoms with Crippen molar-refractivity contribution < 1.29 is 9.53 Å². The number of benzene rings is 1. The van der Waals surface area contributed by atoms with E-state index in [1.54, 1.807) is 0 Å². The number of ether oxygens (including phenoxy) is 1. The van der Waals surface area contributed by atoms with E-state index in [2.05, 4.69) is 15.3 Å². The zero-order valence-corrected chi connectivity index (χ0v) is 12.8. The van der Waals surface area contributed by atoms with Crippen molar-refractivity contribution >= 4 is 11.7 Å². The van der Waals surface area contributed by atoms with Crippen molar-refractivity contribution in [1.82, 2.24) is 15.3 Å². The molecule has 0 aliphatic carbocycles. The van der Waals surface area contributed by atoms with Gasteiger partial charge in [-0.3, -0.25) is 4.79 Å². The summed E-state index contributed by atoms with van der Waals surface area (Å²) >= 11 is 0. The van der Waals surface area contributed by atoms with E-state index in [0.29, 0.717) is 24.5 Å². The van der Waals surface area contributed by atoms with Gasteiger partial charge in [-0.05, 0) is 37.6 Å². The normalized spacial score (nSPS) is 10.3. The summed E-state index contributed by atoms with van der Waals surface area (Å²) in [6.45, 7) is 5.12. The molecule has 1 aromatic heterocycles. The quantitative estimate of drug-likeness (QED) is 0.854. The van der Waals surface area contributed by atoms with E-state index < -0.39 is 0 Å². The third-order valence-corrected chi connectivity index (χ3v) is 3.02. The van der Waals surface area contributed by atoms with Crippen molar-refractivity contribution in [2.24, 2.45) is 0 Å². The molecule has 116 valence electrons. The van der Waals surface area contributed by atoms with Crippen LogP contribution in [0.1, 0.15) is 30.6 Å². The first kappa shape index (κ1) is 15.8. The van der Waals surface area contributed by atoms with Gasteiger partial charge in [0.2, 0.25) is 0 Å². The Kier molecular flexibility index (Phi) is 5.30. The molecule has 0 saturated carbocycles. The molecule has 0 radical (unpaired) electrons. The maximum Gasteiger partial charge on any atom is 0.256 e. The van der Waals surface area contributed by atoms with E-state index in [1.807, 2.05) is 38.1 Å². The molecule has 1 aromatic carbocycles. The van der Waals surface area contributed by atoms with E-state index in [9.17, 15) is 4.79 Å². The molecule has 3 N–H and O–H groups in total. The number of amides is 1. The third-order valence-electron chi connectivity index (χ3n) is 3.02. The molecule has 2 aromatic rings. The summed E-state index contributed by atoms with van der Waals surface area (Å²) in [6.07, 6.45) is 2.32. The van der Waals surface area contributed by atoms with E-state index in [0.717, 1.165) is 17.7 Å². The Balaban J connectivity index is 2.19. The molecule has 0 bridgehead atoms. The van der Waals surface area contributed by atoms with Crippen molar-refractivity contribution in [3.05, 3.63) is 36.0 Å². The smallest absolute Gasteiger partial charge is 0.256 e. The van der Waals surface area contributed by atoms with Crippen LogP contribution in [0.2, 0.25) is 0 Å². The summed E-state index contributed by atoms with van der Waals surface area (Å²) in [4.78, 5) is 20.3. The Morgan fingerprint density at radius 1 is 1.27 bits per heavy atom. The average molecular weight is 300 g/mol. The first-order valence-corrected chi connectivity index (χ1v) is 7.29. The van der Waals surface area contributed by atoms with Gasteiger partial charge in [-0.25, -0.2) is 9.97 Å². The van der Waals surface area contributed by atoms with Crippen molar-refractivity contribution in [1.29, 1.82) is 0 Å². The molecule has 22 heavy (non-hydrogen) atoms. The molecule has 1 amide bonds. The van der Waals surface area contributed by atoms with Crippen LogP contribution in [0, 0.1) is 0 Å². The highest BCUT2D eigenvalue weighted by Gasteiger charge is 2.12. The van der Waals surface area contributed by atoms with Crippen LogP contribution in [-0.2, 0) is 0 Å². The van der Waals surface area contributed by atoms with Gasteiger partial charge < -0.3 is 15.8 Å². The van der Waals surface area contributed by atoms with Gasteiger partial charge in [0.1, 0.15) is 11.6 Å². The number of carbonyl (C=O) groups excluding carboxylic acids is 1. The van der Waals surface area contributed by atoms with Gasteiger partial charge >= 0.3 is 0 Å². The lowest BCUT2D eigenvalue weighted by molar-refractivity contribution is 0.0954. The first-order chi connectivity index (χ1) is 10.7. The Hall–Kier alpha value is -2.63. The second kappa shape index (κ2) is 7.40. The topological polar surface area (TPSA) is 90.1 Å². The van der Waals surface area contributed by atoms with E-state index in [-0.39, 0.29) is 11.7 Å². The lowest BCUT2D eigenvalue weighted by atomic mass is 10.2. The molecule has 0 fully saturated rings. The van der Waals surface area contributed by atoms with Gasteiger partial charge in [0.05, 0.1) is 12.2 Å². The largest absolute Gasteiger partial charge is 0.494 e. The monoisotopic (exact) mass is 300 g/mol. The zero-order valence-electron chi connectivity index (χ0n) is 12.8. The van der Waals surface area contributed by atoms with E-state index in [4.69, 9.17) is 10.5 Å². The molecule has 6 nitrogen and oxygen atoms in total. The van der Waals surface area contributed by atoms with Crippen LogP contribution in [0.4, 0.5) is 5.82 Å². The Morgan fingerprint density at radius 2 is 2.00 bits per heavy atom. The minimum absolute atomic E-state index is 0.174. The third kappa shape index (κ3) is 3.72. The van der Waals surface area contributed by atoms with E-state index in [1.165, 1.54) is 6.20 Å². The molecule has 6 heteroatoms. The summed E-state index contributed by atoms with van der Waals surface area (Å²) < 4.78 is 5.39. The van der Waals surface area contributed by atoms with Gasteiger partial charge in [-0.1, -0.05) is 6.92 Å². The number of nitrogens with zero attached hydrogens (tertiary/aromatic N) is 2. The molecule has 0 aliphatic heterocycles. The second-order valence-electron chi connectivity index (χ2n) is 4.71. The van der Waals surface area contributed by atoms with Crippen LogP contribution in [0.25, 0.3) is 11.4 Å². The predicted molar refractivity (Wildman–Crippen MR) is 85.7 cm³/mol. The number of hydrogen-bond donors (Lipinski definition) is 2. The standard InChI is InChI=1S/C16H20N4O2/c1-3-9-18-16(21)13-10-19-15(20-14(13)17)11-5-7-12(8-6-11)22-4-2/h5-8,10H,3-4,9H2,1-2H3,(H,18,21)(H2,17,19,20).